The Labute approximate surface area is 122 Å². The fourth-order valence-electron chi connectivity index (χ4n) is 1.60. The summed E-state index contributed by atoms with van der Waals surface area (Å²) in [6.07, 6.45) is 0. The van der Waals surface area contributed by atoms with E-state index in [1.165, 1.54) is 7.11 Å². The normalized spacial score (nSPS) is 10.6. The molecule has 0 bridgehead atoms. The van der Waals surface area contributed by atoms with Gasteiger partial charge in [-0.2, -0.15) is 5.26 Å². The van der Waals surface area contributed by atoms with Crippen molar-refractivity contribution < 1.29 is 14.4 Å². The van der Waals surface area contributed by atoms with Crippen LogP contribution in [0.15, 0.2) is 59.8 Å². The van der Waals surface area contributed by atoms with Crippen LogP contribution < -0.4 is 4.74 Å². The predicted molar refractivity (Wildman–Crippen MR) is 77.0 cm³/mol. The number of hydrogen-bond acceptors (Lipinski definition) is 5. The van der Waals surface area contributed by atoms with Gasteiger partial charge in [-0.25, -0.2) is 4.79 Å². The summed E-state index contributed by atoms with van der Waals surface area (Å²) in [5.74, 6) is -0.00150. The molecule has 0 fully saturated rings. The Hall–Kier alpha value is -3.13. The van der Waals surface area contributed by atoms with Gasteiger partial charge in [-0.3, -0.25) is 0 Å². The number of carbonyl (C=O) groups is 1. The van der Waals surface area contributed by atoms with E-state index in [0.29, 0.717) is 16.9 Å². The SMILES string of the molecule is COc1ccc(C(=O)ON=C(C#N)c2ccccc2)cc1. The molecule has 0 amide bonds. The van der Waals surface area contributed by atoms with E-state index in [1.807, 2.05) is 12.1 Å². The number of oxime groups is 1. The average molecular weight is 280 g/mol. The van der Waals surface area contributed by atoms with Crippen molar-refractivity contribution in [3.05, 3.63) is 65.7 Å². The largest absolute Gasteiger partial charge is 0.497 e. The third-order valence-electron chi connectivity index (χ3n) is 2.70. The summed E-state index contributed by atoms with van der Waals surface area (Å²) in [6, 6.07) is 17.1. The zero-order valence-corrected chi connectivity index (χ0v) is 11.3. The van der Waals surface area contributed by atoms with Crippen LogP contribution in [0.3, 0.4) is 0 Å². The first-order valence-electron chi connectivity index (χ1n) is 6.13. The molecule has 21 heavy (non-hydrogen) atoms. The first-order valence-corrected chi connectivity index (χ1v) is 6.13. The van der Waals surface area contributed by atoms with Gasteiger partial charge >= 0.3 is 5.97 Å². The Morgan fingerprint density at radius 1 is 1.05 bits per heavy atom. The lowest BCUT2D eigenvalue weighted by Crippen LogP contribution is -2.04. The molecule has 0 saturated heterocycles. The van der Waals surface area contributed by atoms with Gasteiger partial charge in [0.05, 0.1) is 12.7 Å². The van der Waals surface area contributed by atoms with Crippen LogP contribution in [0.5, 0.6) is 5.75 Å². The Morgan fingerprint density at radius 3 is 2.29 bits per heavy atom. The van der Waals surface area contributed by atoms with Gasteiger partial charge in [0.25, 0.3) is 0 Å². The fraction of sp³-hybridized carbons (Fsp3) is 0.0625. The van der Waals surface area contributed by atoms with Gasteiger partial charge in [0.15, 0.2) is 5.71 Å². The van der Waals surface area contributed by atoms with Crippen LogP contribution in [-0.4, -0.2) is 18.8 Å². The minimum Gasteiger partial charge on any atom is -0.497 e. The number of hydrogen-bond donors (Lipinski definition) is 0. The van der Waals surface area contributed by atoms with Crippen LogP contribution >= 0.6 is 0 Å². The highest BCUT2D eigenvalue weighted by Gasteiger charge is 2.09. The summed E-state index contributed by atoms with van der Waals surface area (Å²) in [5.41, 5.74) is 0.949. The molecule has 0 aliphatic carbocycles. The third kappa shape index (κ3) is 3.67. The van der Waals surface area contributed by atoms with Crippen molar-refractivity contribution >= 4 is 11.7 Å². The summed E-state index contributed by atoms with van der Waals surface area (Å²) >= 11 is 0. The van der Waals surface area contributed by atoms with Crippen LogP contribution in [0.2, 0.25) is 0 Å². The van der Waals surface area contributed by atoms with Crippen molar-refractivity contribution in [2.24, 2.45) is 5.16 Å². The van der Waals surface area contributed by atoms with Crippen molar-refractivity contribution in [2.75, 3.05) is 7.11 Å². The summed E-state index contributed by atoms with van der Waals surface area (Å²) in [4.78, 5) is 16.6. The van der Waals surface area contributed by atoms with E-state index in [0.717, 1.165) is 0 Å². The number of rotatable bonds is 4. The van der Waals surface area contributed by atoms with Gasteiger partial charge < -0.3 is 9.57 Å². The predicted octanol–water partition coefficient (Wildman–Crippen LogP) is 2.78. The van der Waals surface area contributed by atoms with Crippen molar-refractivity contribution in [1.82, 2.24) is 0 Å². The quantitative estimate of drug-likeness (QED) is 0.490. The second-order valence-electron chi connectivity index (χ2n) is 4.02. The minimum atomic E-state index is -0.638. The van der Waals surface area contributed by atoms with Crippen molar-refractivity contribution in [2.45, 2.75) is 0 Å². The van der Waals surface area contributed by atoms with Crippen LogP contribution in [-0.2, 0) is 4.84 Å². The maximum Gasteiger partial charge on any atom is 0.365 e. The molecule has 0 aromatic heterocycles. The molecule has 0 unspecified atom stereocenters. The van der Waals surface area contributed by atoms with Crippen LogP contribution in [0.25, 0.3) is 0 Å². The summed E-state index contributed by atoms with van der Waals surface area (Å²) in [7, 11) is 1.54. The Bertz CT molecular complexity index is 686. The molecule has 0 aliphatic heterocycles. The van der Waals surface area contributed by atoms with Crippen LogP contribution in [0.1, 0.15) is 15.9 Å². The molecule has 0 aliphatic rings. The maximum atomic E-state index is 11.8. The molecule has 2 aromatic rings. The lowest BCUT2D eigenvalue weighted by Gasteiger charge is -2.01. The molecule has 0 radical (unpaired) electrons. The van der Waals surface area contributed by atoms with E-state index in [-0.39, 0.29) is 5.71 Å². The molecule has 0 heterocycles. The van der Waals surface area contributed by atoms with Crippen molar-refractivity contribution in [3.8, 4) is 11.8 Å². The van der Waals surface area contributed by atoms with E-state index >= 15 is 0 Å². The monoisotopic (exact) mass is 280 g/mol. The molecule has 0 N–H and O–H groups in total. The Morgan fingerprint density at radius 2 is 1.71 bits per heavy atom. The number of benzene rings is 2. The molecule has 0 saturated carbocycles. The van der Waals surface area contributed by atoms with Gasteiger partial charge in [-0.1, -0.05) is 35.5 Å². The summed E-state index contributed by atoms with van der Waals surface area (Å²) < 4.78 is 5.00. The highest BCUT2D eigenvalue weighted by molar-refractivity contribution is 6.11. The molecular weight excluding hydrogens is 268 g/mol. The van der Waals surface area contributed by atoms with E-state index in [2.05, 4.69) is 5.16 Å². The Kier molecular flexibility index (Phi) is 4.67. The van der Waals surface area contributed by atoms with Gasteiger partial charge in [0, 0.05) is 5.56 Å². The number of nitrogens with zero attached hydrogens (tertiary/aromatic N) is 2. The van der Waals surface area contributed by atoms with Crippen molar-refractivity contribution in [3.63, 3.8) is 0 Å². The van der Waals surface area contributed by atoms with Gasteiger partial charge in [-0.05, 0) is 24.3 Å². The van der Waals surface area contributed by atoms with Crippen LogP contribution in [0, 0.1) is 11.3 Å². The second-order valence-corrected chi connectivity index (χ2v) is 4.02. The van der Waals surface area contributed by atoms with Crippen molar-refractivity contribution in [1.29, 1.82) is 5.26 Å². The number of methoxy groups -OCH3 is 1. The lowest BCUT2D eigenvalue weighted by atomic mass is 10.1. The second kappa shape index (κ2) is 6.87. The molecule has 2 aromatic carbocycles. The molecule has 0 atom stereocenters. The smallest absolute Gasteiger partial charge is 0.365 e. The van der Waals surface area contributed by atoms with Crippen LogP contribution in [0.4, 0.5) is 0 Å². The summed E-state index contributed by atoms with van der Waals surface area (Å²) in [5, 5.41) is 12.6. The lowest BCUT2D eigenvalue weighted by molar-refractivity contribution is 0.0517. The zero-order valence-electron chi connectivity index (χ0n) is 11.3. The van der Waals surface area contributed by atoms with Gasteiger partial charge in [0.1, 0.15) is 11.8 Å². The van der Waals surface area contributed by atoms with Gasteiger partial charge in [0.2, 0.25) is 0 Å². The fourth-order valence-corrected chi connectivity index (χ4v) is 1.60. The van der Waals surface area contributed by atoms with E-state index in [1.54, 1.807) is 48.5 Å². The first kappa shape index (κ1) is 14.3. The topological polar surface area (TPSA) is 71.7 Å². The maximum absolute atomic E-state index is 11.8. The highest BCUT2D eigenvalue weighted by Crippen LogP contribution is 2.12. The average Bonchev–Trinajstić information content (AvgIpc) is 2.56. The minimum absolute atomic E-state index is 0.0393. The Balaban J connectivity index is 2.11. The molecular formula is C16H12N2O3. The zero-order chi connectivity index (χ0) is 15.1. The number of ether oxygens (including phenoxy) is 1. The third-order valence-corrected chi connectivity index (χ3v) is 2.70. The van der Waals surface area contributed by atoms with E-state index in [9.17, 15) is 4.79 Å². The number of carbonyl (C=O) groups excluding carboxylic acids is 1. The molecule has 5 nitrogen and oxygen atoms in total. The highest BCUT2D eigenvalue weighted by atomic mass is 16.7. The molecule has 5 heteroatoms. The molecule has 104 valence electrons. The summed E-state index contributed by atoms with van der Waals surface area (Å²) in [6.45, 7) is 0. The van der Waals surface area contributed by atoms with Gasteiger partial charge in [-0.15, -0.1) is 0 Å². The molecule has 2 rings (SSSR count). The van der Waals surface area contributed by atoms with E-state index in [4.69, 9.17) is 14.8 Å². The molecule has 0 spiro atoms. The van der Waals surface area contributed by atoms with E-state index < -0.39 is 5.97 Å². The first-order chi connectivity index (χ1) is 10.2. The standard InChI is InChI=1S/C16H12N2O3/c1-20-14-9-7-13(8-10-14)16(19)21-18-15(11-17)12-5-3-2-4-6-12/h2-10H,1H3. The number of nitriles is 1.